The van der Waals surface area contributed by atoms with Crippen LogP contribution >= 0.6 is 0 Å². The third-order valence-electron chi connectivity index (χ3n) is 3.55. The molecule has 1 heterocycles. The third kappa shape index (κ3) is 3.88. The van der Waals surface area contributed by atoms with Gasteiger partial charge in [0, 0.05) is 19.0 Å². The molecule has 1 N–H and O–H groups in total. The van der Waals surface area contributed by atoms with Gasteiger partial charge in [-0.1, -0.05) is 26.0 Å². The quantitative estimate of drug-likeness (QED) is 0.852. The maximum absolute atomic E-state index is 13.4. The van der Waals surface area contributed by atoms with Gasteiger partial charge in [0.15, 0.2) is 0 Å². The van der Waals surface area contributed by atoms with Crippen LogP contribution in [0.25, 0.3) is 0 Å². The molecular weight excluding hydrogens is 267 g/mol. The Morgan fingerprint density at radius 3 is 2.81 bits per heavy atom. The van der Waals surface area contributed by atoms with Crippen molar-refractivity contribution in [2.75, 3.05) is 6.54 Å². The van der Waals surface area contributed by atoms with E-state index in [0.29, 0.717) is 5.56 Å². The van der Waals surface area contributed by atoms with Crippen LogP contribution in [0.2, 0.25) is 0 Å². The van der Waals surface area contributed by atoms with Crippen LogP contribution in [-0.4, -0.2) is 21.3 Å². The molecule has 1 unspecified atom stereocenters. The molecule has 2 aromatic rings. The van der Waals surface area contributed by atoms with Gasteiger partial charge < -0.3 is 5.32 Å². The molecule has 21 heavy (non-hydrogen) atoms. The first kappa shape index (κ1) is 15.6. The zero-order chi connectivity index (χ0) is 15.2. The fraction of sp³-hybridized carbons (Fsp3) is 0.500. The van der Waals surface area contributed by atoms with E-state index < -0.39 is 0 Å². The van der Waals surface area contributed by atoms with Crippen molar-refractivity contribution >= 4 is 0 Å². The summed E-state index contributed by atoms with van der Waals surface area (Å²) in [5, 5.41) is 7.71. The number of rotatable bonds is 7. The second-order valence-corrected chi connectivity index (χ2v) is 5.22. The molecule has 0 radical (unpaired) electrons. The molecule has 0 saturated carbocycles. The van der Waals surface area contributed by atoms with E-state index in [1.807, 2.05) is 16.8 Å². The molecule has 0 amide bonds. The largest absolute Gasteiger partial charge is 0.310 e. The normalized spacial score (nSPS) is 12.6. The number of halogens is 1. The van der Waals surface area contributed by atoms with E-state index in [1.165, 1.54) is 6.07 Å². The number of nitrogens with one attached hydrogen (secondary N) is 1. The predicted molar refractivity (Wildman–Crippen MR) is 81.6 cm³/mol. The Hall–Kier alpha value is -1.75. The van der Waals surface area contributed by atoms with Crippen LogP contribution in [0.5, 0.6) is 0 Å². The fourth-order valence-corrected chi connectivity index (χ4v) is 2.47. The van der Waals surface area contributed by atoms with Crippen LogP contribution in [0.3, 0.4) is 0 Å². The van der Waals surface area contributed by atoms with Crippen LogP contribution in [-0.2, 0) is 13.0 Å². The highest BCUT2D eigenvalue weighted by molar-refractivity contribution is 5.27. The van der Waals surface area contributed by atoms with Crippen LogP contribution in [0.15, 0.2) is 24.5 Å². The molecule has 0 aliphatic rings. The average molecular weight is 290 g/mol. The van der Waals surface area contributed by atoms with Crippen molar-refractivity contribution in [3.63, 3.8) is 0 Å². The molecule has 1 aromatic heterocycles. The molecule has 5 heteroatoms. The number of aromatic nitrogens is 3. The van der Waals surface area contributed by atoms with E-state index in [9.17, 15) is 4.39 Å². The summed E-state index contributed by atoms with van der Waals surface area (Å²) in [5.41, 5.74) is 1.76. The third-order valence-corrected chi connectivity index (χ3v) is 3.55. The molecule has 0 aliphatic heterocycles. The zero-order valence-electron chi connectivity index (χ0n) is 12.9. The Balaban J connectivity index is 2.22. The first-order valence-electron chi connectivity index (χ1n) is 7.51. The van der Waals surface area contributed by atoms with E-state index in [-0.39, 0.29) is 11.9 Å². The molecule has 0 bridgehead atoms. The monoisotopic (exact) mass is 290 g/mol. The van der Waals surface area contributed by atoms with Gasteiger partial charge in [-0.3, -0.25) is 4.68 Å². The lowest BCUT2D eigenvalue weighted by Gasteiger charge is -2.19. The van der Waals surface area contributed by atoms with Crippen LogP contribution in [0, 0.1) is 12.7 Å². The van der Waals surface area contributed by atoms with Gasteiger partial charge in [0.25, 0.3) is 0 Å². The highest BCUT2D eigenvalue weighted by Gasteiger charge is 2.16. The van der Waals surface area contributed by atoms with E-state index in [4.69, 9.17) is 0 Å². The van der Waals surface area contributed by atoms with Crippen molar-refractivity contribution in [3.05, 3.63) is 47.3 Å². The minimum Gasteiger partial charge on any atom is -0.310 e. The lowest BCUT2D eigenvalue weighted by molar-refractivity contribution is 0.497. The molecule has 2 rings (SSSR count). The van der Waals surface area contributed by atoms with Crippen molar-refractivity contribution < 1.29 is 4.39 Å². The fourth-order valence-electron chi connectivity index (χ4n) is 2.47. The summed E-state index contributed by atoms with van der Waals surface area (Å²) in [7, 11) is 0. The highest BCUT2D eigenvalue weighted by atomic mass is 19.1. The summed E-state index contributed by atoms with van der Waals surface area (Å²) in [6, 6.07) is 5.40. The van der Waals surface area contributed by atoms with Gasteiger partial charge in [0.1, 0.15) is 18.0 Å². The van der Waals surface area contributed by atoms with Crippen molar-refractivity contribution in [3.8, 4) is 0 Å². The van der Waals surface area contributed by atoms with E-state index >= 15 is 0 Å². The summed E-state index contributed by atoms with van der Waals surface area (Å²) < 4.78 is 15.4. The predicted octanol–water partition coefficient (Wildman–Crippen LogP) is 3.03. The molecule has 0 aliphatic carbocycles. The maximum Gasteiger partial charge on any atom is 0.138 e. The Kier molecular flexibility index (Phi) is 5.44. The van der Waals surface area contributed by atoms with Crippen LogP contribution in [0.4, 0.5) is 4.39 Å². The van der Waals surface area contributed by atoms with Crippen molar-refractivity contribution in [2.45, 2.75) is 46.2 Å². The van der Waals surface area contributed by atoms with Crippen LogP contribution < -0.4 is 5.32 Å². The van der Waals surface area contributed by atoms with Gasteiger partial charge in [-0.15, -0.1) is 0 Å². The Morgan fingerprint density at radius 1 is 1.33 bits per heavy atom. The van der Waals surface area contributed by atoms with Gasteiger partial charge >= 0.3 is 0 Å². The van der Waals surface area contributed by atoms with Crippen molar-refractivity contribution in [1.82, 2.24) is 20.1 Å². The maximum atomic E-state index is 13.4. The average Bonchev–Trinajstić information content (AvgIpc) is 2.89. The highest BCUT2D eigenvalue weighted by Crippen LogP contribution is 2.20. The standard InChI is InChI=1S/C16H23FN4/c1-4-8-21-16(19-11-20-21)10-15(18-5-2)13-6-7-14(17)12(3)9-13/h6-7,9,11,15,18H,4-5,8,10H2,1-3H3. The number of nitrogens with zero attached hydrogens (tertiary/aromatic N) is 3. The van der Waals surface area contributed by atoms with Crippen molar-refractivity contribution in [2.24, 2.45) is 0 Å². The van der Waals surface area contributed by atoms with Crippen molar-refractivity contribution in [1.29, 1.82) is 0 Å². The first-order chi connectivity index (χ1) is 10.2. The SMILES string of the molecule is CCCn1ncnc1CC(NCC)c1ccc(F)c(C)c1. The smallest absolute Gasteiger partial charge is 0.138 e. The summed E-state index contributed by atoms with van der Waals surface area (Å²) >= 11 is 0. The molecular formula is C16H23FN4. The van der Waals surface area contributed by atoms with E-state index in [2.05, 4.69) is 29.2 Å². The second-order valence-electron chi connectivity index (χ2n) is 5.22. The molecule has 4 nitrogen and oxygen atoms in total. The van der Waals surface area contributed by atoms with Gasteiger partial charge in [-0.25, -0.2) is 9.37 Å². The number of hydrogen-bond donors (Lipinski definition) is 1. The zero-order valence-corrected chi connectivity index (χ0v) is 12.9. The lowest BCUT2D eigenvalue weighted by atomic mass is 10.0. The summed E-state index contributed by atoms with van der Waals surface area (Å²) in [6.45, 7) is 7.71. The summed E-state index contributed by atoms with van der Waals surface area (Å²) in [5.74, 6) is 0.799. The van der Waals surface area contributed by atoms with E-state index in [0.717, 1.165) is 37.3 Å². The number of hydrogen-bond acceptors (Lipinski definition) is 3. The van der Waals surface area contributed by atoms with Crippen LogP contribution in [0.1, 0.15) is 43.3 Å². The molecule has 0 spiro atoms. The molecule has 1 atom stereocenters. The summed E-state index contributed by atoms with van der Waals surface area (Å²) in [4.78, 5) is 4.36. The Labute approximate surface area is 125 Å². The molecule has 0 saturated heterocycles. The molecule has 114 valence electrons. The Morgan fingerprint density at radius 2 is 2.14 bits per heavy atom. The minimum absolute atomic E-state index is 0.120. The molecule has 0 fully saturated rings. The van der Waals surface area contributed by atoms with Gasteiger partial charge in [-0.2, -0.15) is 5.10 Å². The first-order valence-corrected chi connectivity index (χ1v) is 7.51. The van der Waals surface area contributed by atoms with Gasteiger partial charge in [-0.05, 0) is 37.1 Å². The number of benzene rings is 1. The minimum atomic E-state index is -0.164. The Bertz CT molecular complexity index is 579. The van der Waals surface area contributed by atoms with Gasteiger partial charge in [0.2, 0.25) is 0 Å². The number of likely N-dealkylation sites (N-methyl/N-ethyl adjacent to an activating group) is 1. The summed E-state index contributed by atoms with van der Waals surface area (Å²) in [6.07, 6.45) is 3.38. The number of aryl methyl sites for hydroxylation is 2. The van der Waals surface area contributed by atoms with Gasteiger partial charge in [0.05, 0.1) is 0 Å². The topological polar surface area (TPSA) is 42.7 Å². The van der Waals surface area contributed by atoms with E-state index in [1.54, 1.807) is 13.3 Å². The molecule has 1 aromatic carbocycles. The lowest BCUT2D eigenvalue weighted by Crippen LogP contribution is -2.24. The second kappa shape index (κ2) is 7.31.